The first-order valence-corrected chi connectivity index (χ1v) is 29.2. The van der Waals surface area contributed by atoms with Gasteiger partial charge in [-0.1, -0.05) is 35.5 Å². The van der Waals surface area contributed by atoms with Crippen LogP contribution in [-0.4, -0.2) is 327 Å². The second-order valence-electron chi connectivity index (χ2n) is 23.3. The summed E-state index contributed by atoms with van der Waals surface area (Å²) in [4.78, 5) is 0. The molecule has 0 aromatic rings. The molecule has 6 aliphatic rings. The Morgan fingerprint density at radius 2 is 0.851 bits per heavy atom. The molecule has 504 valence electrons. The summed E-state index contributed by atoms with van der Waals surface area (Å²) in [7, 11) is 0. The third-order valence-corrected chi connectivity index (χ3v) is 16.6. The summed E-state index contributed by atoms with van der Waals surface area (Å²) >= 11 is 0. The summed E-state index contributed by atoms with van der Waals surface area (Å²) in [6, 6.07) is 0. The molecular formula is C56H94O31. The zero-order valence-electron chi connectivity index (χ0n) is 49.2. The molecule has 87 heavy (non-hydrogen) atoms. The molecule has 0 saturated carbocycles. The molecule has 1 unspecified atom stereocenters. The number of aliphatic hydroxyl groups excluding tert-OH is 19. The minimum Gasteiger partial charge on any atom is -0.394 e. The molecule has 6 fully saturated rings. The number of hydrogen-bond acceptors (Lipinski definition) is 31. The van der Waals surface area contributed by atoms with Gasteiger partial charge < -0.3 is 154 Å². The average Bonchev–Trinajstić information content (AvgIpc) is 1.02. The van der Waals surface area contributed by atoms with Crippen molar-refractivity contribution in [2.24, 2.45) is 0 Å². The van der Waals surface area contributed by atoms with Crippen LogP contribution in [0.4, 0.5) is 0 Å². The molecule has 31 atom stereocenters. The zero-order valence-corrected chi connectivity index (χ0v) is 49.2. The van der Waals surface area contributed by atoms with Crippen LogP contribution in [0.25, 0.3) is 0 Å². The van der Waals surface area contributed by atoms with Crippen molar-refractivity contribution in [1.29, 1.82) is 0 Å². The highest BCUT2D eigenvalue weighted by atomic mass is 16.8. The molecule has 31 nitrogen and oxygen atoms in total. The van der Waals surface area contributed by atoms with Crippen molar-refractivity contribution in [2.75, 3.05) is 39.6 Å². The Balaban J connectivity index is 0.988. The van der Waals surface area contributed by atoms with Crippen molar-refractivity contribution in [1.82, 2.24) is 0 Å². The van der Waals surface area contributed by atoms with Crippen molar-refractivity contribution in [3.8, 4) is 0 Å². The third kappa shape index (κ3) is 18.3. The molecule has 0 bridgehead atoms. The van der Waals surface area contributed by atoms with Crippen molar-refractivity contribution in [3.63, 3.8) is 0 Å². The fourth-order valence-corrected chi connectivity index (χ4v) is 10.8. The highest BCUT2D eigenvalue weighted by molar-refractivity contribution is 5.09. The molecule has 6 saturated heterocycles. The molecule has 0 aromatic heterocycles. The van der Waals surface area contributed by atoms with Gasteiger partial charge in [-0.25, -0.2) is 0 Å². The van der Waals surface area contributed by atoms with Gasteiger partial charge in [-0.2, -0.15) is 0 Å². The highest BCUT2D eigenvalue weighted by Crippen LogP contribution is 2.36. The van der Waals surface area contributed by atoms with Crippen LogP contribution in [0.1, 0.15) is 73.1 Å². The predicted octanol–water partition coefficient (Wildman–Crippen LogP) is -6.93. The van der Waals surface area contributed by atoms with Crippen LogP contribution in [0.2, 0.25) is 0 Å². The standard InChI is InChI=1S/C56H94O31/c1-7-56(6,87-55-46(75)40(69)48(30(20-60)82-55)85-54-43(72)37(66)34(63)29(19-59)81-54)16-10-15-27(17-57)14-9-12-23(2)11-8-13-24(3)21-76-51-44(73)39(68)49(31(83-51)22-77-50-41(70)35(64)32(61)25(4)78-50)86-52-45(74)38(67)47(26(5)79-52)84-53-42(71)36(65)33(62)28(18-58)80-53/h7,12-13,15,25-26,28-55,57-75H,1,8-11,14,16-22H2,2-6H3/b23-12+,24-13-,27-15+/t25-,26-,28+,29+,30+,31+,32-,33+,34+,35+,36-,37-,38-,39+,40+,41+,42+,43+,44+,45+,46+,47-,48+,49+,50+,51+,52-,53-,54-,55-,56?/m0/s1. The molecule has 6 aliphatic heterocycles. The molecular weight excluding hydrogens is 1170 g/mol. The fourth-order valence-electron chi connectivity index (χ4n) is 10.8. The molecule has 0 aliphatic carbocycles. The molecule has 19 N–H and O–H groups in total. The SMILES string of the molecule is C=CC(C)(CC/C=C(/CO)CC/C=C(\C)CC/C=C(/C)CO[C@@H]1O[C@H](CO[C@@H]2O[C@@H](C)[C@H](O)[C@@H](O)[C@H]2O)[C@@H](O[C@@H]2O[C@@H](C)[C@H](O[C@@H]3O[C@H](CO)[C@@H](O)[C@H](O)[C@H]3O)[C@@H](O)[C@H]2O)[C@H](O)[C@H]1O)O[C@@H]1O[C@H](CO)[C@@H](O[C@@H]2O[C@H](CO)[C@@H](O)[C@H](O)[C@H]2O)[C@H](O)[C@H]1O. The van der Waals surface area contributed by atoms with Crippen molar-refractivity contribution in [3.05, 3.63) is 47.6 Å². The average molecular weight is 1260 g/mol. The van der Waals surface area contributed by atoms with Gasteiger partial charge in [0.15, 0.2) is 37.7 Å². The molecule has 6 rings (SSSR count). The minimum atomic E-state index is -1.96. The first kappa shape index (κ1) is 73.8. The van der Waals surface area contributed by atoms with Crippen LogP contribution in [0, 0.1) is 0 Å². The van der Waals surface area contributed by atoms with E-state index in [2.05, 4.69) is 6.58 Å². The number of rotatable bonds is 28. The van der Waals surface area contributed by atoms with E-state index in [1.807, 2.05) is 25.2 Å². The molecule has 0 radical (unpaired) electrons. The topological polar surface area (TPSA) is 495 Å². The van der Waals surface area contributed by atoms with E-state index < -0.39 is 216 Å². The van der Waals surface area contributed by atoms with E-state index >= 15 is 0 Å². The van der Waals surface area contributed by atoms with Gasteiger partial charge in [0.1, 0.15) is 134 Å². The van der Waals surface area contributed by atoms with Crippen LogP contribution in [0.15, 0.2) is 47.6 Å². The Hall–Kier alpha value is -2.28. The van der Waals surface area contributed by atoms with Crippen LogP contribution in [0.3, 0.4) is 0 Å². The van der Waals surface area contributed by atoms with E-state index in [1.165, 1.54) is 19.9 Å². The quantitative estimate of drug-likeness (QED) is 0.0324. The van der Waals surface area contributed by atoms with Gasteiger partial charge in [0.05, 0.1) is 57.5 Å². The number of allylic oxidation sites excluding steroid dienone is 4. The van der Waals surface area contributed by atoms with E-state index in [-0.39, 0.29) is 19.6 Å². The van der Waals surface area contributed by atoms with Gasteiger partial charge in [-0.15, -0.1) is 6.58 Å². The zero-order chi connectivity index (χ0) is 64.4. The van der Waals surface area contributed by atoms with Crippen LogP contribution >= 0.6 is 0 Å². The lowest BCUT2D eigenvalue weighted by molar-refractivity contribution is -0.379. The van der Waals surface area contributed by atoms with Gasteiger partial charge in [0.2, 0.25) is 0 Å². The van der Waals surface area contributed by atoms with E-state index in [0.29, 0.717) is 37.7 Å². The van der Waals surface area contributed by atoms with Gasteiger partial charge >= 0.3 is 0 Å². The minimum absolute atomic E-state index is 0.101. The molecule has 6 heterocycles. The van der Waals surface area contributed by atoms with Crippen molar-refractivity contribution in [2.45, 2.75) is 263 Å². The Kier molecular flexibility index (Phi) is 28.4. The molecule has 0 aromatic carbocycles. The summed E-state index contributed by atoms with van der Waals surface area (Å²) in [5.74, 6) is 0. The summed E-state index contributed by atoms with van der Waals surface area (Å²) in [5.41, 5.74) is 1.32. The van der Waals surface area contributed by atoms with Gasteiger partial charge in [0, 0.05) is 0 Å². The largest absolute Gasteiger partial charge is 0.394 e. The van der Waals surface area contributed by atoms with Crippen LogP contribution in [0.5, 0.6) is 0 Å². The maximum atomic E-state index is 11.6. The lowest BCUT2D eigenvalue weighted by Gasteiger charge is -2.48. The Morgan fingerprint density at radius 1 is 0.425 bits per heavy atom. The van der Waals surface area contributed by atoms with Crippen LogP contribution < -0.4 is 0 Å². The van der Waals surface area contributed by atoms with Crippen LogP contribution in [-0.2, 0) is 56.8 Å². The lowest BCUT2D eigenvalue weighted by Crippen LogP contribution is -2.66. The van der Waals surface area contributed by atoms with E-state index in [0.717, 1.165) is 11.1 Å². The summed E-state index contributed by atoms with van der Waals surface area (Å²) in [6.07, 6.45) is -38.2. The highest BCUT2D eigenvalue weighted by Gasteiger charge is 2.55. The Bertz CT molecular complexity index is 2170. The normalized spacial score (nSPS) is 45.2. The Labute approximate surface area is 502 Å². The van der Waals surface area contributed by atoms with E-state index in [4.69, 9.17) is 56.8 Å². The smallest absolute Gasteiger partial charge is 0.187 e. The van der Waals surface area contributed by atoms with Gasteiger partial charge in [0.25, 0.3) is 0 Å². The Morgan fingerprint density at radius 3 is 1.41 bits per heavy atom. The third-order valence-electron chi connectivity index (χ3n) is 16.6. The van der Waals surface area contributed by atoms with E-state index in [9.17, 15) is 97.0 Å². The summed E-state index contributed by atoms with van der Waals surface area (Å²) < 4.78 is 69.2. The first-order chi connectivity index (χ1) is 41.1. The maximum absolute atomic E-state index is 11.6. The second kappa shape index (κ2) is 33.5. The molecule has 31 heteroatoms. The summed E-state index contributed by atoms with van der Waals surface area (Å²) in [5, 5.41) is 200. The monoisotopic (exact) mass is 1260 g/mol. The van der Waals surface area contributed by atoms with E-state index in [1.54, 1.807) is 13.8 Å². The molecule has 0 amide bonds. The number of ether oxygens (including phenoxy) is 12. The van der Waals surface area contributed by atoms with Crippen molar-refractivity contribution >= 4 is 0 Å². The van der Waals surface area contributed by atoms with Crippen molar-refractivity contribution < 1.29 is 154 Å². The second-order valence-corrected chi connectivity index (χ2v) is 23.3. The first-order valence-electron chi connectivity index (χ1n) is 29.2. The number of aliphatic hydroxyl groups is 19. The van der Waals surface area contributed by atoms with Gasteiger partial charge in [-0.3, -0.25) is 0 Å². The lowest BCUT2D eigenvalue weighted by atomic mass is 9.95. The predicted molar refractivity (Wildman–Crippen MR) is 291 cm³/mol. The fraction of sp³-hybridized carbons (Fsp3) is 0.857. The van der Waals surface area contributed by atoms with Gasteiger partial charge in [-0.05, 0) is 78.7 Å². The summed E-state index contributed by atoms with van der Waals surface area (Å²) in [6.45, 7) is 8.90. The number of hydrogen-bond donors (Lipinski definition) is 19. The molecule has 0 spiro atoms. The maximum Gasteiger partial charge on any atom is 0.187 e.